The smallest absolute Gasteiger partial charge is 0.342 e. The van der Waals surface area contributed by atoms with Crippen LogP contribution in [0.25, 0.3) is 0 Å². The Labute approximate surface area is 155 Å². The number of nitrogens with zero attached hydrogens (tertiary/aromatic N) is 3. The van der Waals surface area contributed by atoms with Crippen LogP contribution in [0.4, 0.5) is 5.82 Å². The highest BCUT2D eigenvalue weighted by molar-refractivity contribution is 5.95. The average Bonchev–Trinajstić information content (AvgIpc) is 2.63. The monoisotopic (exact) mass is 362 g/mol. The molecule has 1 N–H and O–H groups in total. The van der Waals surface area contributed by atoms with Crippen LogP contribution >= 0.6 is 0 Å². The van der Waals surface area contributed by atoms with Gasteiger partial charge in [0.2, 0.25) is 0 Å². The number of rotatable bonds is 5. The molecule has 0 atom stereocenters. The molecule has 1 aromatic heterocycles. The van der Waals surface area contributed by atoms with Crippen molar-refractivity contribution in [2.24, 2.45) is 0 Å². The zero-order valence-electron chi connectivity index (χ0n) is 16.0. The first-order chi connectivity index (χ1) is 12.5. The van der Waals surface area contributed by atoms with E-state index in [1.807, 2.05) is 20.8 Å². The van der Waals surface area contributed by atoms with E-state index in [2.05, 4.69) is 20.4 Å². The molecule has 2 saturated heterocycles. The summed E-state index contributed by atoms with van der Waals surface area (Å²) in [5, 5.41) is 12.2. The Kier molecular flexibility index (Phi) is 6.43. The number of hydrogen-bond donors (Lipinski definition) is 1. The molecule has 144 valence electrons. The molecule has 0 aromatic carbocycles. The summed E-state index contributed by atoms with van der Waals surface area (Å²) in [4.78, 5) is 14.6. The van der Waals surface area contributed by atoms with E-state index in [0.29, 0.717) is 23.5 Å². The fourth-order valence-electron chi connectivity index (χ4n) is 3.60. The SMILES string of the molecule is Cc1cc(C(=O)OC(C)C)c(N2CCC(NC3CCOCC3)CC2)nn1. The Morgan fingerprint density at radius 1 is 1.19 bits per heavy atom. The van der Waals surface area contributed by atoms with Gasteiger partial charge in [-0.3, -0.25) is 0 Å². The largest absolute Gasteiger partial charge is 0.459 e. The molecule has 1 aromatic rings. The van der Waals surface area contributed by atoms with Gasteiger partial charge in [-0.25, -0.2) is 4.79 Å². The van der Waals surface area contributed by atoms with E-state index in [1.165, 1.54) is 0 Å². The van der Waals surface area contributed by atoms with Gasteiger partial charge in [0.05, 0.1) is 11.8 Å². The second-order valence-corrected chi connectivity index (χ2v) is 7.49. The lowest BCUT2D eigenvalue weighted by Gasteiger charge is -2.36. The Bertz CT molecular complexity index is 609. The highest BCUT2D eigenvalue weighted by atomic mass is 16.5. The van der Waals surface area contributed by atoms with Gasteiger partial charge < -0.3 is 19.7 Å². The van der Waals surface area contributed by atoms with Crippen molar-refractivity contribution in [3.63, 3.8) is 0 Å². The third kappa shape index (κ3) is 4.92. The number of carbonyl (C=O) groups is 1. The van der Waals surface area contributed by atoms with Gasteiger partial charge in [0.25, 0.3) is 0 Å². The van der Waals surface area contributed by atoms with Gasteiger partial charge in [-0.2, -0.15) is 5.10 Å². The highest BCUT2D eigenvalue weighted by Crippen LogP contribution is 2.24. The van der Waals surface area contributed by atoms with Crippen molar-refractivity contribution in [2.75, 3.05) is 31.2 Å². The van der Waals surface area contributed by atoms with Crippen LogP contribution in [0.2, 0.25) is 0 Å². The van der Waals surface area contributed by atoms with Gasteiger partial charge >= 0.3 is 5.97 Å². The molecule has 0 saturated carbocycles. The van der Waals surface area contributed by atoms with Gasteiger partial charge in [-0.05, 0) is 52.5 Å². The summed E-state index contributed by atoms with van der Waals surface area (Å²) >= 11 is 0. The van der Waals surface area contributed by atoms with E-state index >= 15 is 0 Å². The summed E-state index contributed by atoms with van der Waals surface area (Å²) in [6, 6.07) is 2.86. The predicted molar refractivity (Wildman–Crippen MR) is 99.5 cm³/mol. The first-order valence-electron chi connectivity index (χ1n) is 9.67. The fraction of sp³-hybridized carbons (Fsp3) is 0.737. The molecule has 26 heavy (non-hydrogen) atoms. The minimum absolute atomic E-state index is 0.154. The molecule has 2 aliphatic rings. The van der Waals surface area contributed by atoms with Gasteiger partial charge in [-0.1, -0.05) is 0 Å². The van der Waals surface area contributed by atoms with E-state index in [4.69, 9.17) is 9.47 Å². The quantitative estimate of drug-likeness (QED) is 0.804. The first kappa shape index (κ1) is 19.0. The molecular weight excluding hydrogens is 332 g/mol. The minimum atomic E-state index is -0.324. The second kappa shape index (κ2) is 8.77. The number of aromatic nitrogens is 2. The molecule has 2 fully saturated rings. The number of carbonyl (C=O) groups excluding carboxylic acids is 1. The van der Waals surface area contributed by atoms with Crippen molar-refractivity contribution in [1.82, 2.24) is 15.5 Å². The maximum atomic E-state index is 12.5. The lowest BCUT2D eigenvalue weighted by Crippen LogP contribution is -2.48. The molecule has 0 aliphatic carbocycles. The van der Waals surface area contributed by atoms with Crippen LogP contribution in [0, 0.1) is 6.92 Å². The van der Waals surface area contributed by atoms with Crippen LogP contribution in [0.3, 0.4) is 0 Å². The lowest BCUT2D eigenvalue weighted by molar-refractivity contribution is 0.0377. The van der Waals surface area contributed by atoms with Crippen LogP contribution in [-0.2, 0) is 9.47 Å². The third-order valence-corrected chi connectivity index (χ3v) is 4.95. The molecule has 0 radical (unpaired) electrons. The fourth-order valence-corrected chi connectivity index (χ4v) is 3.60. The van der Waals surface area contributed by atoms with Crippen molar-refractivity contribution >= 4 is 11.8 Å². The molecule has 7 heteroatoms. The van der Waals surface area contributed by atoms with Crippen LogP contribution < -0.4 is 10.2 Å². The molecule has 0 bridgehead atoms. The molecular formula is C19H30N4O3. The highest BCUT2D eigenvalue weighted by Gasteiger charge is 2.27. The van der Waals surface area contributed by atoms with E-state index in [-0.39, 0.29) is 12.1 Å². The molecule has 2 aliphatic heterocycles. The van der Waals surface area contributed by atoms with Crippen LogP contribution in [0.15, 0.2) is 6.07 Å². The second-order valence-electron chi connectivity index (χ2n) is 7.49. The number of aryl methyl sites for hydroxylation is 1. The summed E-state index contributed by atoms with van der Waals surface area (Å²) in [7, 11) is 0. The number of piperidine rings is 1. The van der Waals surface area contributed by atoms with Crippen LogP contribution in [0.5, 0.6) is 0 Å². The third-order valence-electron chi connectivity index (χ3n) is 4.95. The van der Waals surface area contributed by atoms with Crippen molar-refractivity contribution < 1.29 is 14.3 Å². The molecule has 3 heterocycles. The normalized spacial score (nSPS) is 19.8. The summed E-state index contributed by atoms with van der Waals surface area (Å²) in [6.07, 6.45) is 4.10. The number of anilines is 1. The number of hydrogen-bond acceptors (Lipinski definition) is 7. The van der Waals surface area contributed by atoms with E-state index in [0.717, 1.165) is 57.7 Å². The predicted octanol–water partition coefficient (Wildman–Crippen LogP) is 2.09. The number of ether oxygens (including phenoxy) is 2. The summed E-state index contributed by atoms with van der Waals surface area (Å²) in [6.45, 7) is 8.99. The molecule has 0 spiro atoms. The Morgan fingerprint density at radius 2 is 1.85 bits per heavy atom. The van der Waals surface area contributed by atoms with Gasteiger partial charge in [0.1, 0.15) is 5.56 Å². The molecule has 0 unspecified atom stereocenters. The molecule has 7 nitrogen and oxygen atoms in total. The maximum absolute atomic E-state index is 12.5. The number of nitrogens with one attached hydrogen (secondary N) is 1. The van der Waals surface area contributed by atoms with Crippen LogP contribution in [-0.4, -0.2) is 60.7 Å². The summed E-state index contributed by atoms with van der Waals surface area (Å²) < 4.78 is 10.8. The average molecular weight is 362 g/mol. The van der Waals surface area contributed by atoms with Crippen LogP contribution in [0.1, 0.15) is 55.6 Å². The van der Waals surface area contributed by atoms with Crippen molar-refractivity contribution in [3.05, 3.63) is 17.3 Å². The minimum Gasteiger partial charge on any atom is -0.459 e. The topological polar surface area (TPSA) is 76.6 Å². The van der Waals surface area contributed by atoms with Crippen molar-refractivity contribution in [2.45, 2.75) is 64.6 Å². The van der Waals surface area contributed by atoms with Crippen molar-refractivity contribution in [3.8, 4) is 0 Å². The maximum Gasteiger partial charge on any atom is 0.342 e. The van der Waals surface area contributed by atoms with Gasteiger partial charge in [-0.15, -0.1) is 5.10 Å². The zero-order valence-corrected chi connectivity index (χ0v) is 16.0. The van der Waals surface area contributed by atoms with E-state index < -0.39 is 0 Å². The molecule has 0 amide bonds. The first-order valence-corrected chi connectivity index (χ1v) is 9.67. The Balaban J connectivity index is 1.62. The Hall–Kier alpha value is -1.73. The summed E-state index contributed by atoms with van der Waals surface area (Å²) in [5.74, 6) is 0.321. The Morgan fingerprint density at radius 3 is 2.50 bits per heavy atom. The standard InChI is InChI=1S/C19H30N4O3/c1-13(2)26-19(24)17-12-14(3)21-22-18(17)23-8-4-15(5-9-23)20-16-6-10-25-11-7-16/h12-13,15-16,20H,4-11H2,1-3H3. The molecule has 3 rings (SSSR count). The zero-order chi connectivity index (χ0) is 18.5. The van der Waals surface area contributed by atoms with Gasteiger partial charge in [0, 0.05) is 38.4 Å². The van der Waals surface area contributed by atoms with Gasteiger partial charge in [0.15, 0.2) is 5.82 Å². The van der Waals surface area contributed by atoms with Crippen molar-refractivity contribution in [1.29, 1.82) is 0 Å². The lowest BCUT2D eigenvalue weighted by atomic mass is 10.0. The van der Waals surface area contributed by atoms with E-state index in [9.17, 15) is 4.79 Å². The number of esters is 1. The summed E-state index contributed by atoms with van der Waals surface area (Å²) in [5.41, 5.74) is 1.24. The van der Waals surface area contributed by atoms with E-state index in [1.54, 1.807) is 6.07 Å².